The quantitative estimate of drug-likeness (QED) is 0.639. The number of sulfonamides is 1. The lowest BCUT2D eigenvalue weighted by Gasteiger charge is -2.11. The number of hydrogen-bond acceptors (Lipinski definition) is 4. The van der Waals surface area contributed by atoms with Crippen LogP contribution in [0.25, 0.3) is 16.9 Å². The van der Waals surface area contributed by atoms with Crippen molar-refractivity contribution in [3.63, 3.8) is 0 Å². The third kappa shape index (κ3) is 3.79. The van der Waals surface area contributed by atoms with Gasteiger partial charge in [-0.25, -0.2) is 13.1 Å². The number of benzene rings is 2. The van der Waals surface area contributed by atoms with Gasteiger partial charge >= 0.3 is 6.18 Å². The van der Waals surface area contributed by atoms with Crippen molar-refractivity contribution in [1.29, 1.82) is 0 Å². The van der Waals surface area contributed by atoms with Crippen LogP contribution in [-0.2, 0) is 16.2 Å². The topological polar surface area (TPSA) is 84.2 Å². The molecule has 10 heteroatoms. The van der Waals surface area contributed by atoms with Crippen LogP contribution in [0.1, 0.15) is 16.8 Å². The second-order valence-electron chi connectivity index (χ2n) is 6.23. The predicted molar refractivity (Wildman–Crippen MR) is 95.6 cm³/mol. The lowest BCUT2D eigenvalue weighted by Crippen LogP contribution is -2.19. The monoisotopic (exact) mass is 411 g/mol. The fourth-order valence-corrected chi connectivity index (χ4v) is 3.34. The molecular weight excluding hydrogens is 395 g/mol. The van der Waals surface area contributed by atoms with Crippen molar-refractivity contribution < 1.29 is 26.8 Å². The van der Waals surface area contributed by atoms with E-state index in [0.717, 1.165) is 34.0 Å². The van der Waals surface area contributed by atoms with E-state index in [-0.39, 0.29) is 16.3 Å². The van der Waals surface area contributed by atoms with Crippen LogP contribution in [-0.4, -0.2) is 23.4 Å². The first-order valence-corrected chi connectivity index (χ1v) is 9.52. The van der Waals surface area contributed by atoms with E-state index in [1.54, 1.807) is 19.1 Å². The molecule has 0 aliphatic rings. The summed E-state index contributed by atoms with van der Waals surface area (Å²) < 4.78 is 64.2. The van der Waals surface area contributed by atoms with Gasteiger partial charge in [0.05, 0.1) is 16.3 Å². The Labute approximate surface area is 159 Å². The molecular formula is C18H16F3N3O3S. The highest BCUT2D eigenvalue weighted by Gasteiger charge is 2.35. The molecule has 28 heavy (non-hydrogen) atoms. The summed E-state index contributed by atoms with van der Waals surface area (Å²) in [4.78, 5) is 0.952. The molecule has 1 aromatic heterocycles. The first-order valence-electron chi connectivity index (χ1n) is 8.04. The van der Waals surface area contributed by atoms with Crippen molar-refractivity contribution in [2.24, 2.45) is 0 Å². The summed E-state index contributed by atoms with van der Waals surface area (Å²) >= 11 is 0. The van der Waals surface area contributed by atoms with Gasteiger partial charge in [-0.3, -0.25) is 0 Å². The molecule has 0 saturated heterocycles. The van der Waals surface area contributed by atoms with Crippen LogP contribution in [0.2, 0.25) is 0 Å². The Morgan fingerprint density at radius 2 is 1.68 bits per heavy atom. The second-order valence-corrected chi connectivity index (χ2v) is 7.89. The number of nitrogens with zero attached hydrogens (tertiary/aromatic N) is 2. The summed E-state index contributed by atoms with van der Waals surface area (Å²) in [6.45, 7) is 3.61. The molecule has 0 amide bonds. The molecule has 0 bridgehead atoms. The first kappa shape index (κ1) is 20.1. The maximum absolute atomic E-state index is 13.3. The molecule has 0 atom stereocenters. The van der Waals surface area contributed by atoms with Crippen LogP contribution >= 0.6 is 0 Å². The van der Waals surface area contributed by atoms with Crippen LogP contribution in [0.15, 0.2) is 53.4 Å². The van der Waals surface area contributed by atoms with Gasteiger partial charge in [0.1, 0.15) is 0 Å². The minimum absolute atomic E-state index is 0.226. The zero-order valence-corrected chi connectivity index (χ0v) is 15.6. The summed E-state index contributed by atoms with van der Waals surface area (Å²) in [7, 11) is -4.09. The van der Waals surface area contributed by atoms with E-state index in [2.05, 4.69) is 5.10 Å². The lowest BCUT2D eigenvalue weighted by molar-refractivity contribution is -0.141. The number of halogens is 3. The number of nitrogens with one attached hydrogen (secondary N) is 1. The highest BCUT2D eigenvalue weighted by Crippen LogP contribution is 2.34. The van der Waals surface area contributed by atoms with E-state index >= 15 is 0 Å². The smallest absolute Gasteiger partial charge is 0.302 e. The van der Waals surface area contributed by atoms with Crippen molar-refractivity contribution in [3.8, 4) is 16.9 Å². The summed E-state index contributed by atoms with van der Waals surface area (Å²) in [5, 5.41) is 12.4. The molecule has 6 nitrogen and oxygen atoms in total. The summed E-state index contributed by atoms with van der Waals surface area (Å²) in [6, 6.07) is 11.3. The van der Waals surface area contributed by atoms with Gasteiger partial charge in [0, 0.05) is 5.56 Å². The van der Waals surface area contributed by atoms with E-state index < -0.39 is 21.9 Å². The molecule has 1 heterocycles. The maximum Gasteiger partial charge on any atom is 0.435 e. The minimum atomic E-state index is -4.64. The average Bonchev–Trinajstić information content (AvgIpc) is 3.09. The fourth-order valence-electron chi connectivity index (χ4n) is 2.74. The average molecular weight is 411 g/mol. The molecule has 0 unspecified atom stereocenters. The Kier molecular flexibility index (Phi) is 5.04. The van der Waals surface area contributed by atoms with Crippen molar-refractivity contribution >= 4 is 10.0 Å². The first-order chi connectivity index (χ1) is 13.0. The standard InChI is InChI=1S/C18H16F3N3O3S/c1-11-3-4-12(2)15(9-11)16-10-17(18(19,20)21)22-24(16)13-5-7-14(8-6-13)28(26,27)23-25/h3-10,23,25H,1-2H3. The Morgan fingerprint density at radius 3 is 2.25 bits per heavy atom. The summed E-state index contributed by atoms with van der Waals surface area (Å²) in [5.41, 5.74) is 1.63. The van der Waals surface area contributed by atoms with Crippen LogP contribution in [0.5, 0.6) is 0 Å². The Bertz CT molecular complexity index is 1120. The predicted octanol–water partition coefficient (Wildman–Crippen LogP) is 3.84. The molecule has 2 N–H and O–H groups in total. The van der Waals surface area contributed by atoms with E-state index in [1.807, 2.05) is 13.0 Å². The summed E-state index contributed by atoms with van der Waals surface area (Å²) in [6.07, 6.45) is -4.64. The zero-order chi connectivity index (χ0) is 20.7. The molecule has 2 aromatic carbocycles. The van der Waals surface area contributed by atoms with Crippen LogP contribution < -0.4 is 4.89 Å². The normalized spacial score (nSPS) is 12.4. The largest absolute Gasteiger partial charge is 0.435 e. The highest BCUT2D eigenvalue weighted by atomic mass is 32.2. The molecule has 0 aliphatic heterocycles. The van der Waals surface area contributed by atoms with Crippen LogP contribution in [0, 0.1) is 13.8 Å². The minimum Gasteiger partial charge on any atom is -0.302 e. The lowest BCUT2D eigenvalue weighted by atomic mass is 10.0. The Hall–Kier alpha value is -2.69. The van der Waals surface area contributed by atoms with E-state index in [1.165, 1.54) is 17.0 Å². The van der Waals surface area contributed by atoms with Crippen molar-refractivity contribution in [1.82, 2.24) is 14.7 Å². The number of hydrogen-bond donors (Lipinski definition) is 2. The highest BCUT2D eigenvalue weighted by molar-refractivity contribution is 7.89. The van der Waals surface area contributed by atoms with Crippen molar-refractivity contribution in [2.75, 3.05) is 0 Å². The number of rotatable bonds is 4. The molecule has 3 rings (SSSR count). The van der Waals surface area contributed by atoms with Crippen molar-refractivity contribution in [3.05, 3.63) is 65.4 Å². The maximum atomic E-state index is 13.3. The van der Waals surface area contributed by atoms with Crippen LogP contribution in [0.4, 0.5) is 13.2 Å². The van der Waals surface area contributed by atoms with E-state index in [4.69, 9.17) is 5.21 Å². The third-order valence-electron chi connectivity index (χ3n) is 4.18. The van der Waals surface area contributed by atoms with Crippen molar-refractivity contribution in [2.45, 2.75) is 24.9 Å². The second kappa shape index (κ2) is 7.04. The van der Waals surface area contributed by atoms with E-state index in [9.17, 15) is 21.6 Å². The number of aryl methyl sites for hydroxylation is 2. The number of aromatic nitrogens is 2. The fraction of sp³-hybridized carbons (Fsp3) is 0.167. The van der Waals surface area contributed by atoms with Gasteiger partial charge in [0.2, 0.25) is 0 Å². The molecule has 3 aromatic rings. The molecule has 148 valence electrons. The van der Waals surface area contributed by atoms with Gasteiger partial charge in [-0.1, -0.05) is 22.6 Å². The van der Waals surface area contributed by atoms with Gasteiger partial charge < -0.3 is 5.21 Å². The molecule has 0 saturated carbocycles. The van der Waals surface area contributed by atoms with Gasteiger partial charge in [0.25, 0.3) is 10.0 Å². The number of alkyl halides is 3. The Morgan fingerprint density at radius 1 is 1.04 bits per heavy atom. The Balaban J connectivity index is 2.20. The van der Waals surface area contributed by atoms with Gasteiger partial charge in [-0.2, -0.15) is 18.3 Å². The third-order valence-corrected chi connectivity index (χ3v) is 5.31. The molecule has 0 aliphatic carbocycles. The van der Waals surface area contributed by atoms with Gasteiger partial charge in [-0.15, -0.1) is 0 Å². The SMILES string of the molecule is Cc1ccc(C)c(-c2cc(C(F)(F)F)nn2-c2ccc(S(=O)(=O)NO)cc2)c1. The zero-order valence-electron chi connectivity index (χ0n) is 14.8. The van der Waals surface area contributed by atoms with E-state index in [0.29, 0.717) is 5.56 Å². The molecule has 0 radical (unpaired) electrons. The summed E-state index contributed by atoms with van der Waals surface area (Å²) in [5.74, 6) is 0. The van der Waals surface area contributed by atoms with Gasteiger partial charge in [0.15, 0.2) is 5.69 Å². The van der Waals surface area contributed by atoms with Crippen LogP contribution in [0.3, 0.4) is 0 Å². The molecule has 0 spiro atoms. The van der Waals surface area contributed by atoms with Gasteiger partial charge in [-0.05, 0) is 55.8 Å². The molecule has 0 fully saturated rings.